The number of hydrogen-bond donors (Lipinski definition) is 1. The van der Waals surface area contributed by atoms with Crippen LogP contribution in [-0.2, 0) is 4.79 Å². The lowest BCUT2D eigenvalue weighted by molar-refractivity contribution is -0.117. The van der Waals surface area contributed by atoms with Crippen LogP contribution in [0.4, 0.5) is 5.69 Å². The summed E-state index contributed by atoms with van der Waals surface area (Å²) in [6, 6.07) is 7.03. The monoisotopic (exact) mass is 258 g/mol. The van der Waals surface area contributed by atoms with E-state index in [-0.39, 0.29) is 17.6 Å². The van der Waals surface area contributed by atoms with Gasteiger partial charge in [-0.05, 0) is 25.0 Å². The first-order valence-corrected chi connectivity index (χ1v) is 6.36. The predicted molar refractivity (Wildman–Crippen MR) is 75.0 cm³/mol. The Bertz CT molecular complexity index is 517. The first kappa shape index (κ1) is 13.3. The molecule has 19 heavy (non-hydrogen) atoms. The lowest BCUT2D eigenvalue weighted by atomic mass is 10.1. The van der Waals surface area contributed by atoms with Gasteiger partial charge in [0.05, 0.1) is 0 Å². The predicted octanol–water partition coefficient (Wildman–Crippen LogP) is 2.29. The normalized spacial score (nSPS) is 14.4. The molecule has 0 spiro atoms. The minimum atomic E-state index is -0.0729. The van der Waals surface area contributed by atoms with Crippen molar-refractivity contribution in [1.82, 2.24) is 4.90 Å². The number of allylic oxidation sites excluding steroid dienone is 1. The third-order valence-corrected chi connectivity index (χ3v) is 2.89. The van der Waals surface area contributed by atoms with Crippen LogP contribution in [0, 0.1) is 5.92 Å². The van der Waals surface area contributed by atoms with E-state index in [2.05, 4.69) is 5.32 Å². The highest BCUT2D eigenvalue weighted by atomic mass is 16.2. The summed E-state index contributed by atoms with van der Waals surface area (Å²) in [6.07, 6.45) is 5.16. The molecule has 1 N–H and O–H groups in total. The fourth-order valence-electron chi connectivity index (χ4n) is 1.65. The second-order valence-corrected chi connectivity index (χ2v) is 4.99. The minimum absolute atomic E-state index is 0.0495. The van der Waals surface area contributed by atoms with Crippen molar-refractivity contribution in [3.63, 3.8) is 0 Å². The van der Waals surface area contributed by atoms with E-state index in [0.717, 1.165) is 12.8 Å². The molecule has 100 valence electrons. The molecule has 0 aliphatic heterocycles. The Labute approximate surface area is 113 Å². The van der Waals surface area contributed by atoms with Crippen LogP contribution < -0.4 is 5.32 Å². The highest BCUT2D eigenvalue weighted by Gasteiger charge is 2.29. The first-order valence-electron chi connectivity index (χ1n) is 6.36. The Morgan fingerprint density at radius 2 is 2.05 bits per heavy atom. The number of amides is 1. The van der Waals surface area contributed by atoms with Crippen molar-refractivity contribution < 1.29 is 9.59 Å². The second kappa shape index (κ2) is 5.69. The third kappa shape index (κ3) is 3.95. The standard InChI is InChI=1S/C15H18N2O2/c1-17(2)9-8-14(18)12-4-3-5-13(10-12)16-15(19)11-6-7-11/h3-5,8-11H,6-7H2,1-2H3,(H,16,19)/b9-8+. The fourth-order valence-corrected chi connectivity index (χ4v) is 1.65. The van der Waals surface area contributed by atoms with Crippen LogP contribution in [0.3, 0.4) is 0 Å². The Morgan fingerprint density at radius 1 is 1.32 bits per heavy atom. The number of rotatable bonds is 5. The van der Waals surface area contributed by atoms with Gasteiger partial charge in [0.25, 0.3) is 0 Å². The SMILES string of the molecule is CN(C)/C=C/C(=O)c1cccc(NC(=O)C2CC2)c1. The smallest absolute Gasteiger partial charge is 0.227 e. The molecular weight excluding hydrogens is 240 g/mol. The largest absolute Gasteiger partial charge is 0.383 e. The summed E-state index contributed by atoms with van der Waals surface area (Å²) >= 11 is 0. The Hall–Kier alpha value is -2.10. The van der Waals surface area contributed by atoms with Crippen molar-refractivity contribution >= 4 is 17.4 Å². The summed E-state index contributed by atoms with van der Waals surface area (Å²) in [5.74, 6) is 0.137. The molecule has 1 aliphatic rings. The van der Waals surface area contributed by atoms with Crippen LogP contribution in [-0.4, -0.2) is 30.7 Å². The molecular formula is C15H18N2O2. The molecule has 1 fully saturated rings. The maximum absolute atomic E-state index is 11.9. The van der Waals surface area contributed by atoms with Gasteiger partial charge >= 0.3 is 0 Å². The minimum Gasteiger partial charge on any atom is -0.383 e. The van der Waals surface area contributed by atoms with Gasteiger partial charge in [-0.1, -0.05) is 12.1 Å². The Kier molecular flexibility index (Phi) is 4.00. The number of ketones is 1. The van der Waals surface area contributed by atoms with Gasteiger partial charge in [-0.25, -0.2) is 0 Å². The maximum atomic E-state index is 11.9. The molecule has 1 aromatic rings. The summed E-state index contributed by atoms with van der Waals surface area (Å²) in [4.78, 5) is 25.4. The van der Waals surface area contributed by atoms with Crippen molar-refractivity contribution in [3.05, 3.63) is 42.1 Å². The molecule has 0 saturated heterocycles. The summed E-state index contributed by atoms with van der Waals surface area (Å²) in [5, 5.41) is 2.84. The van der Waals surface area contributed by atoms with Crippen LogP contribution in [0.15, 0.2) is 36.5 Å². The van der Waals surface area contributed by atoms with Crippen molar-refractivity contribution in [1.29, 1.82) is 0 Å². The fraction of sp³-hybridized carbons (Fsp3) is 0.333. The molecule has 0 unspecified atom stereocenters. The lowest BCUT2D eigenvalue weighted by Gasteiger charge is -2.06. The Balaban J connectivity index is 2.05. The molecule has 0 radical (unpaired) electrons. The first-order chi connectivity index (χ1) is 9.06. The number of nitrogens with one attached hydrogen (secondary N) is 1. The molecule has 0 bridgehead atoms. The average Bonchev–Trinajstić information content (AvgIpc) is 3.20. The van der Waals surface area contributed by atoms with Crippen molar-refractivity contribution in [2.45, 2.75) is 12.8 Å². The molecule has 2 rings (SSSR count). The van der Waals surface area contributed by atoms with E-state index < -0.39 is 0 Å². The topological polar surface area (TPSA) is 49.4 Å². The van der Waals surface area contributed by atoms with Crippen molar-refractivity contribution in [3.8, 4) is 0 Å². The molecule has 4 heteroatoms. The van der Waals surface area contributed by atoms with Gasteiger partial charge in [0.2, 0.25) is 5.91 Å². The van der Waals surface area contributed by atoms with Crippen LogP contribution in [0.5, 0.6) is 0 Å². The number of benzene rings is 1. The summed E-state index contributed by atoms with van der Waals surface area (Å²) < 4.78 is 0. The molecule has 0 heterocycles. The van der Waals surface area contributed by atoms with Gasteiger partial charge in [0, 0.05) is 43.5 Å². The molecule has 4 nitrogen and oxygen atoms in total. The van der Waals surface area contributed by atoms with E-state index in [1.807, 2.05) is 14.1 Å². The second-order valence-electron chi connectivity index (χ2n) is 4.99. The van der Waals surface area contributed by atoms with Gasteiger partial charge in [-0.3, -0.25) is 9.59 Å². The van der Waals surface area contributed by atoms with Gasteiger partial charge < -0.3 is 10.2 Å². The zero-order chi connectivity index (χ0) is 13.8. The number of anilines is 1. The summed E-state index contributed by atoms with van der Waals surface area (Å²) in [5.41, 5.74) is 1.26. The van der Waals surface area contributed by atoms with Gasteiger partial charge in [0.1, 0.15) is 0 Å². The van der Waals surface area contributed by atoms with E-state index in [4.69, 9.17) is 0 Å². The summed E-state index contributed by atoms with van der Waals surface area (Å²) in [7, 11) is 3.71. The van der Waals surface area contributed by atoms with E-state index >= 15 is 0 Å². The highest BCUT2D eigenvalue weighted by molar-refractivity contribution is 6.05. The van der Waals surface area contributed by atoms with Gasteiger partial charge in [-0.2, -0.15) is 0 Å². The van der Waals surface area contributed by atoms with E-state index in [0.29, 0.717) is 11.3 Å². The lowest BCUT2D eigenvalue weighted by Crippen LogP contribution is -2.13. The zero-order valence-electron chi connectivity index (χ0n) is 11.2. The van der Waals surface area contributed by atoms with Crippen molar-refractivity contribution in [2.24, 2.45) is 5.92 Å². The zero-order valence-corrected chi connectivity index (χ0v) is 11.2. The Morgan fingerprint density at radius 3 is 2.68 bits per heavy atom. The number of carbonyl (C=O) groups excluding carboxylic acids is 2. The number of carbonyl (C=O) groups is 2. The number of hydrogen-bond acceptors (Lipinski definition) is 3. The van der Waals surface area contributed by atoms with E-state index in [1.54, 1.807) is 35.4 Å². The van der Waals surface area contributed by atoms with Gasteiger partial charge in [-0.15, -0.1) is 0 Å². The molecule has 0 atom stereocenters. The third-order valence-electron chi connectivity index (χ3n) is 2.89. The highest BCUT2D eigenvalue weighted by Crippen LogP contribution is 2.30. The molecule has 1 amide bonds. The van der Waals surface area contributed by atoms with Crippen LogP contribution >= 0.6 is 0 Å². The van der Waals surface area contributed by atoms with Crippen LogP contribution in [0.25, 0.3) is 0 Å². The van der Waals surface area contributed by atoms with Crippen LogP contribution in [0.1, 0.15) is 23.2 Å². The van der Waals surface area contributed by atoms with Crippen LogP contribution in [0.2, 0.25) is 0 Å². The molecule has 1 aromatic carbocycles. The van der Waals surface area contributed by atoms with E-state index in [1.165, 1.54) is 6.08 Å². The average molecular weight is 258 g/mol. The molecule has 1 aliphatic carbocycles. The molecule has 0 aromatic heterocycles. The maximum Gasteiger partial charge on any atom is 0.227 e. The number of nitrogens with zero attached hydrogens (tertiary/aromatic N) is 1. The quantitative estimate of drug-likeness (QED) is 0.651. The summed E-state index contributed by atoms with van der Waals surface area (Å²) in [6.45, 7) is 0. The molecule has 1 saturated carbocycles. The van der Waals surface area contributed by atoms with E-state index in [9.17, 15) is 9.59 Å². The van der Waals surface area contributed by atoms with Gasteiger partial charge in [0.15, 0.2) is 5.78 Å². The van der Waals surface area contributed by atoms with Crippen molar-refractivity contribution in [2.75, 3.05) is 19.4 Å².